The summed E-state index contributed by atoms with van der Waals surface area (Å²) in [6.07, 6.45) is -0.239. The lowest BCUT2D eigenvalue weighted by molar-refractivity contribution is 0.0887. The molecule has 1 amide bonds. The lowest BCUT2D eigenvalue weighted by Gasteiger charge is -2.33. The molecule has 0 bridgehead atoms. The van der Waals surface area contributed by atoms with Gasteiger partial charge in [0.25, 0.3) is 0 Å². The van der Waals surface area contributed by atoms with Crippen molar-refractivity contribution in [1.82, 2.24) is 4.90 Å². The molecule has 106 valence electrons. The van der Waals surface area contributed by atoms with E-state index in [0.717, 1.165) is 9.13 Å². The molecule has 0 radical (unpaired) electrons. The highest BCUT2D eigenvalue weighted by Gasteiger charge is 2.28. The second-order valence-electron chi connectivity index (χ2n) is 4.60. The van der Waals surface area contributed by atoms with E-state index in [1.165, 1.54) is 4.90 Å². The third-order valence-electron chi connectivity index (χ3n) is 2.97. The van der Waals surface area contributed by atoms with E-state index in [2.05, 4.69) is 22.6 Å². The van der Waals surface area contributed by atoms with Crippen molar-refractivity contribution in [3.8, 4) is 0 Å². The maximum absolute atomic E-state index is 11.5. The van der Waals surface area contributed by atoms with E-state index in [4.69, 9.17) is 4.74 Å². The van der Waals surface area contributed by atoms with Gasteiger partial charge in [-0.3, -0.25) is 4.90 Å². The van der Waals surface area contributed by atoms with Crippen molar-refractivity contribution < 1.29 is 14.6 Å². The first kappa shape index (κ1) is 16.2. The molecule has 0 aliphatic heterocycles. The number of halogens is 1. The summed E-state index contributed by atoms with van der Waals surface area (Å²) in [5.74, 6) is 0. The van der Waals surface area contributed by atoms with Crippen molar-refractivity contribution in [2.75, 3.05) is 13.7 Å². The van der Waals surface area contributed by atoms with E-state index in [1.54, 1.807) is 7.11 Å². The molecule has 19 heavy (non-hydrogen) atoms. The van der Waals surface area contributed by atoms with Crippen LogP contribution in [0, 0.1) is 3.57 Å². The van der Waals surface area contributed by atoms with Gasteiger partial charge in [-0.05, 0) is 54.5 Å². The third kappa shape index (κ3) is 4.35. The summed E-state index contributed by atoms with van der Waals surface area (Å²) in [6.45, 7) is 4.32. The Morgan fingerprint density at radius 1 is 1.42 bits per heavy atom. The first-order valence-electron chi connectivity index (χ1n) is 6.23. The monoisotopic (exact) mass is 377 g/mol. The number of carboxylic acid groups (broad SMARTS) is 1. The minimum absolute atomic E-state index is 0.0737. The van der Waals surface area contributed by atoms with Crippen LogP contribution in [0.25, 0.3) is 0 Å². The molecule has 0 spiro atoms. The SMILES string of the molecule is COCC[C@@H](c1ccccc1I)N(C(=O)O)C(C)C. The highest BCUT2D eigenvalue weighted by Crippen LogP contribution is 2.30. The number of hydrogen-bond acceptors (Lipinski definition) is 2. The number of ether oxygens (including phenoxy) is 1. The molecule has 1 aromatic carbocycles. The molecule has 0 saturated carbocycles. The summed E-state index contributed by atoms with van der Waals surface area (Å²) in [7, 11) is 1.63. The van der Waals surface area contributed by atoms with Crippen molar-refractivity contribution in [2.24, 2.45) is 0 Å². The van der Waals surface area contributed by atoms with E-state index in [1.807, 2.05) is 38.1 Å². The number of benzene rings is 1. The van der Waals surface area contributed by atoms with E-state index in [9.17, 15) is 9.90 Å². The number of nitrogens with zero attached hydrogens (tertiary/aromatic N) is 1. The van der Waals surface area contributed by atoms with Gasteiger partial charge < -0.3 is 9.84 Å². The fourth-order valence-corrected chi connectivity index (χ4v) is 2.88. The Kier molecular flexibility index (Phi) is 6.57. The minimum atomic E-state index is -0.893. The Morgan fingerprint density at radius 3 is 2.53 bits per heavy atom. The van der Waals surface area contributed by atoms with Gasteiger partial charge in [-0.25, -0.2) is 4.79 Å². The van der Waals surface area contributed by atoms with Crippen molar-refractivity contribution in [2.45, 2.75) is 32.4 Å². The highest BCUT2D eigenvalue weighted by atomic mass is 127. The molecule has 0 aliphatic rings. The Balaban J connectivity index is 3.13. The molecule has 4 nitrogen and oxygen atoms in total. The molecule has 1 aromatic rings. The van der Waals surface area contributed by atoms with Gasteiger partial charge in [0.05, 0.1) is 6.04 Å². The molecule has 0 heterocycles. The fourth-order valence-electron chi connectivity index (χ4n) is 2.13. The predicted molar refractivity (Wildman–Crippen MR) is 83.4 cm³/mol. The van der Waals surface area contributed by atoms with Gasteiger partial charge in [0.2, 0.25) is 0 Å². The Labute approximate surface area is 127 Å². The quantitative estimate of drug-likeness (QED) is 0.769. The molecule has 1 atom stereocenters. The second-order valence-corrected chi connectivity index (χ2v) is 5.76. The molecule has 0 aliphatic carbocycles. The summed E-state index contributed by atoms with van der Waals surface area (Å²) in [5.41, 5.74) is 1.04. The lowest BCUT2D eigenvalue weighted by Crippen LogP contribution is -2.39. The standard InChI is InChI=1S/C14H20INO3/c1-10(2)16(14(17)18)13(8-9-19-3)11-6-4-5-7-12(11)15/h4-7,10,13H,8-9H2,1-3H3,(H,17,18)/t13-/m0/s1. The van der Waals surface area contributed by atoms with Crippen molar-refractivity contribution in [3.63, 3.8) is 0 Å². The van der Waals surface area contributed by atoms with E-state index in [-0.39, 0.29) is 12.1 Å². The summed E-state index contributed by atoms with van der Waals surface area (Å²) < 4.78 is 6.20. The fraction of sp³-hybridized carbons (Fsp3) is 0.500. The molecule has 0 fully saturated rings. The average Bonchev–Trinajstić information content (AvgIpc) is 2.34. The van der Waals surface area contributed by atoms with Crippen LogP contribution < -0.4 is 0 Å². The molecule has 1 N–H and O–H groups in total. The first-order valence-corrected chi connectivity index (χ1v) is 7.31. The summed E-state index contributed by atoms with van der Waals surface area (Å²) >= 11 is 2.25. The number of hydrogen-bond donors (Lipinski definition) is 1. The summed E-state index contributed by atoms with van der Waals surface area (Å²) in [4.78, 5) is 13.0. The van der Waals surface area contributed by atoms with E-state index >= 15 is 0 Å². The zero-order chi connectivity index (χ0) is 14.4. The number of methoxy groups -OCH3 is 1. The van der Waals surface area contributed by atoms with Gasteiger partial charge in [-0.1, -0.05) is 18.2 Å². The highest BCUT2D eigenvalue weighted by molar-refractivity contribution is 14.1. The van der Waals surface area contributed by atoms with Gasteiger partial charge in [-0.2, -0.15) is 0 Å². The zero-order valence-electron chi connectivity index (χ0n) is 11.5. The van der Waals surface area contributed by atoms with Crippen LogP contribution in [-0.2, 0) is 4.74 Å². The van der Waals surface area contributed by atoms with Crippen LogP contribution in [0.4, 0.5) is 4.79 Å². The zero-order valence-corrected chi connectivity index (χ0v) is 13.6. The summed E-state index contributed by atoms with van der Waals surface area (Å²) in [6, 6.07) is 7.63. The predicted octanol–water partition coefficient (Wildman–Crippen LogP) is 3.76. The second kappa shape index (κ2) is 7.69. The van der Waals surface area contributed by atoms with Gasteiger partial charge in [0, 0.05) is 23.3 Å². The number of amides is 1. The first-order chi connectivity index (χ1) is 8.99. The normalized spacial score (nSPS) is 12.5. The number of carbonyl (C=O) groups is 1. The third-order valence-corrected chi connectivity index (χ3v) is 3.96. The Bertz CT molecular complexity index is 423. The molecular weight excluding hydrogens is 357 g/mol. The van der Waals surface area contributed by atoms with Crippen LogP contribution in [0.1, 0.15) is 31.9 Å². The van der Waals surface area contributed by atoms with Crippen LogP contribution in [-0.4, -0.2) is 35.9 Å². The summed E-state index contributed by atoms with van der Waals surface area (Å²) in [5, 5.41) is 9.45. The van der Waals surface area contributed by atoms with Crippen LogP contribution in [0.2, 0.25) is 0 Å². The minimum Gasteiger partial charge on any atom is -0.465 e. The Morgan fingerprint density at radius 2 is 2.05 bits per heavy atom. The van der Waals surface area contributed by atoms with Gasteiger partial charge in [0.1, 0.15) is 0 Å². The smallest absolute Gasteiger partial charge is 0.408 e. The Hall–Kier alpha value is -0.820. The van der Waals surface area contributed by atoms with Crippen LogP contribution in [0.15, 0.2) is 24.3 Å². The molecule has 0 unspecified atom stereocenters. The molecule has 5 heteroatoms. The number of rotatable bonds is 6. The van der Waals surface area contributed by atoms with Crippen molar-refractivity contribution in [1.29, 1.82) is 0 Å². The molecule has 0 aromatic heterocycles. The van der Waals surface area contributed by atoms with E-state index < -0.39 is 6.09 Å². The van der Waals surface area contributed by atoms with Gasteiger partial charge >= 0.3 is 6.09 Å². The molecule has 0 saturated heterocycles. The maximum Gasteiger partial charge on any atom is 0.408 e. The molecular formula is C14H20INO3. The van der Waals surface area contributed by atoms with Gasteiger partial charge in [-0.15, -0.1) is 0 Å². The maximum atomic E-state index is 11.5. The van der Waals surface area contributed by atoms with Crippen LogP contribution >= 0.6 is 22.6 Å². The average molecular weight is 377 g/mol. The van der Waals surface area contributed by atoms with Crippen molar-refractivity contribution in [3.05, 3.63) is 33.4 Å². The molecule has 1 rings (SSSR count). The van der Waals surface area contributed by atoms with Gasteiger partial charge in [0.15, 0.2) is 0 Å². The van der Waals surface area contributed by atoms with Crippen LogP contribution in [0.3, 0.4) is 0 Å². The van der Waals surface area contributed by atoms with Crippen molar-refractivity contribution >= 4 is 28.7 Å². The van der Waals surface area contributed by atoms with Crippen LogP contribution in [0.5, 0.6) is 0 Å². The van der Waals surface area contributed by atoms with E-state index in [0.29, 0.717) is 13.0 Å². The largest absolute Gasteiger partial charge is 0.465 e. The lowest BCUT2D eigenvalue weighted by atomic mass is 10.0. The topological polar surface area (TPSA) is 49.8 Å².